The molecule has 7 heteroatoms. The predicted octanol–water partition coefficient (Wildman–Crippen LogP) is 2.46. The number of para-hydroxylation sites is 2. The van der Waals surface area contributed by atoms with E-state index in [9.17, 15) is 14.7 Å². The molecule has 1 heterocycles. The van der Waals surface area contributed by atoms with Crippen LogP contribution in [0.5, 0.6) is 5.88 Å². The van der Waals surface area contributed by atoms with E-state index in [4.69, 9.17) is 0 Å². The van der Waals surface area contributed by atoms with Gasteiger partial charge < -0.3 is 5.11 Å². The summed E-state index contributed by atoms with van der Waals surface area (Å²) in [5.41, 5.74) is 2.93. The van der Waals surface area contributed by atoms with Crippen LogP contribution in [0.15, 0.2) is 75.4 Å². The standard InChI is InChI=1S/C19H18N4O3/c1-2-15(22-21-13-9-5-3-6-10-13)16-17(24)20-19(26)23(18(16)25)14-11-7-4-8-12-14/h3-12,21,25H,2H2,1H3,(H,20,24,26). The maximum Gasteiger partial charge on any atom is 0.335 e. The average molecular weight is 350 g/mol. The zero-order valence-corrected chi connectivity index (χ0v) is 14.1. The van der Waals surface area contributed by atoms with Crippen LogP contribution in [0.25, 0.3) is 5.69 Å². The Balaban J connectivity index is 2.11. The molecule has 26 heavy (non-hydrogen) atoms. The summed E-state index contributed by atoms with van der Waals surface area (Å²) in [4.78, 5) is 26.8. The fraction of sp³-hybridized carbons (Fsp3) is 0.105. The van der Waals surface area contributed by atoms with E-state index in [-0.39, 0.29) is 5.56 Å². The number of aromatic amines is 1. The Bertz CT molecular complexity index is 1040. The molecular weight excluding hydrogens is 332 g/mol. The summed E-state index contributed by atoms with van der Waals surface area (Å²) in [6.07, 6.45) is 0.378. The third-order valence-electron chi connectivity index (χ3n) is 3.82. The zero-order valence-electron chi connectivity index (χ0n) is 14.1. The molecular formula is C19H18N4O3. The molecule has 0 aliphatic heterocycles. The minimum absolute atomic E-state index is 0.0422. The van der Waals surface area contributed by atoms with Gasteiger partial charge in [-0.25, -0.2) is 9.36 Å². The second kappa shape index (κ2) is 7.52. The summed E-state index contributed by atoms with van der Waals surface area (Å²) in [7, 11) is 0. The van der Waals surface area contributed by atoms with Crippen molar-refractivity contribution < 1.29 is 5.11 Å². The Morgan fingerprint density at radius 3 is 2.31 bits per heavy atom. The second-order valence-corrected chi connectivity index (χ2v) is 5.52. The molecule has 0 unspecified atom stereocenters. The minimum atomic E-state index is -0.714. The van der Waals surface area contributed by atoms with Crippen molar-refractivity contribution in [1.82, 2.24) is 9.55 Å². The Morgan fingerprint density at radius 1 is 1.08 bits per heavy atom. The van der Waals surface area contributed by atoms with Crippen molar-refractivity contribution in [3.8, 4) is 11.6 Å². The van der Waals surface area contributed by atoms with Gasteiger partial charge in [0.25, 0.3) is 5.56 Å². The minimum Gasteiger partial charge on any atom is -0.493 e. The number of rotatable bonds is 5. The van der Waals surface area contributed by atoms with Gasteiger partial charge in [-0.3, -0.25) is 15.2 Å². The highest BCUT2D eigenvalue weighted by Gasteiger charge is 2.19. The van der Waals surface area contributed by atoms with E-state index in [1.165, 1.54) is 0 Å². The van der Waals surface area contributed by atoms with E-state index in [2.05, 4.69) is 15.5 Å². The molecule has 0 saturated heterocycles. The molecule has 0 spiro atoms. The first-order chi connectivity index (χ1) is 12.6. The van der Waals surface area contributed by atoms with Gasteiger partial charge in [0, 0.05) is 0 Å². The SMILES string of the molecule is CCC(=NNc1ccccc1)c1c(O)n(-c2ccccc2)c(=O)[nH]c1=O. The second-order valence-electron chi connectivity index (χ2n) is 5.52. The Morgan fingerprint density at radius 2 is 1.69 bits per heavy atom. The smallest absolute Gasteiger partial charge is 0.335 e. The van der Waals surface area contributed by atoms with Crippen molar-refractivity contribution >= 4 is 11.4 Å². The van der Waals surface area contributed by atoms with E-state index < -0.39 is 17.1 Å². The third-order valence-corrected chi connectivity index (χ3v) is 3.82. The van der Waals surface area contributed by atoms with Gasteiger partial charge in [0.05, 0.1) is 17.1 Å². The van der Waals surface area contributed by atoms with Crippen LogP contribution < -0.4 is 16.7 Å². The van der Waals surface area contributed by atoms with Crippen LogP contribution in [0, 0.1) is 0 Å². The predicted molar refractivity (Wildman–Crippen MR) is 101 cm³/mol. The quantitative estimate of drug-likeness (QED) is 0.486. The van der Waals surface area contributed by atoms with Crippen LogP contribution in [0.3, 0.4) is 0 Å². The van der Waals surface area contributed by atoms with E-state index in [1.54, 1.807) is 30.3 Å². The van der Waals surface area contributed by atoms with Gasteiger partial charge in [0.2, 0.25) is 5.88 Å². The number of anilines is 1. The number of aromatic hydroxyl groups is 1. The van der Waals surface area contributed by atoms with Crippen LogP contribution >= 0.6 is 0 Å². The van der Waals surface area contributed by atoms with E-state index in [0.717, 1.165) is 10.3 Å². The van der Waals surface area contributed by atoms with Gasteiger partial charge in [0.15, 0.2) is 0 Å². The van der Waals surface area contributed by atoms with Gasteiger partial charge in [-0.05, 0) is 30.7 Å². The first-order valence-corrected chi connectivity index (χ1v) is 8.13. The summed E-state index contributed by atoms with van der Waals surface area (Å²) in [6, 6.07) is 17.8. The van der Waals surface area contributed by atoms with Gasteiger partial charge in [-0.1, -0.05) is 43.3 Å². The Kier molecular flexibility index (Phi) is 4.98. The number of hydrazone groups is 1. The molecule has 0 saturated carbocycles. The normalized spacial score (nSPS) is 11.3. The zero-order chi connectivity index (χ0) is 18.5. The molecule has 132 valence electrons. The summed E-state index contributed by atoms with van der Waals surface area (Å²) in [6.45, 7) is 1.81. The maximum atomic E-state index is 12.3. The number of benzene rings is 2. The van der Waals surface area contributed by atoms with Gasteiger partial charge in [0.1, 0.15) is 5.56 Å². The molecule has 0 amide bonds. The van der Waals surface area contributed by atoms with Crippen molar-refractivity contribution in [3.05, 3.63) is 87.1 Å². The van der Waals surface area contributed by atoms with Crippen molar-refractivity contribution in [3.63, 3.8) is 0 Å². The Labute approximate surface area is 149 Å². The van der Waals surface area contributed by atoms with Crippen LogP contribution in [0.1, 0.15) is 18.9 Å². The lowest BCUT2D eigenvalue weighted by molar-refractivity contribution is 0.429. The first kappa shape index (κ1) is 17.2. The fourth-order valence-corrected chi connectivity index (χ4v) is 2.56. The van der Waals surface area contributed by atoms with Crippen LogP contribution in [0.4, 0.5) is 5.69 Å². The molecule has 0 fully saturated rings. The van der Waals surface area contributed by atoms with Crippen molar-refractivity contribution in [2.24, 2.45) is 5.10 Å². The lowest BCUT2D eigenvalue weighted by atomic mass is 10.1. The van der Waals surface area contributed by atoms with Crippen molar-refractivity contribution in [2.75, 3.05) is 5.43 Å². The summed E-state index contributed by atoms with van der Waals surface area (Å²) < 4.78 is 1.05. The molecule has 2 aromatic carbocycles. The number of nitrogens with zero attached hydrogens (tertiary/aromatic N) is 2. The molecule has 0 bridgehead atoms. The maximum absolute atomic E-state index is 12.3. The highest BCUT2D eigenvalue weighted by atomic mass is 16.3. The van der Waals surface area contributed by atoms with E-state index in [1.807, 2.05) is 37.3 Å². The lowest BCUT2D eigenvalue weighted by Crippen LogP contribution is -2.33. The molecule has 3 rings (SSSR count). The van der Waals surface area contributed by atoms with Gasteiger partial charge >= 0.3 is 5.69 Å². The number of aromatic nitrogens is 2. The summed E-state index contributed by atoms with van der Waals surface area (Å²) in [5, 5.41) is 14.9. The largest absolute Gasteiger partial charge is 0.493 e. The highest BCUT2D eigenvalue weighted by Crippen LogP contribution is 2.18. The highest BCUT2D eigenvalue weighted by molar-refractivity contribution is 6.02. The fourth-order valence-electron chi connectivity index (χ4n) is 2.56. The Hall–Kier alpha value is -3.61. The molecule has 0 radical (unpaired) electrons. The lowest BCUT2D eigenvalue weighted by Gasteiger charge is -2.12. The first-order valence-electron chi connectivity index (χ1n) is 8.13. The molecule has 3 N–H and O–H groups in total. The van der Waals surface area contributed by atoms with Gasteiger partial charge in [-0.15, -0.1) is 0 Å². The molecule has 0 aliphatic carbocycles. The topological polar surface area (TPSA) is 99.5 Å². The third kappa shape index (κ3) is 3.41. The van der Waals surface area contributed by atoms with E-state index >= 15 is 0 Å². The molecule has 1 aromatic heterocycles. The number of hydrogen-bond acceptors (Lipinski definition) is 5. The molecule has 3 aromatic rings. The van der Waals surface area contributed by atoms with Crippen molar-refractivity contribution in [2.45, 2.75) is 13.3 Å². The van der Waals surface area contributed by atoms with Crippen LogP contribution in [-0.4, -0.2) is 20.4 Å². The molecule has 0 aliphatic rings. The molecule has 0 atom stereocenters. The number of hydrogen-bond donors (Lipinski definition) is 3. The van der Waals surface area contributed by atoms with Crippen LogP contribution in [-0.2, 0) is 0 Å². The van der Waals surface area contributed by atoms with Gasteiger partial charge in [-0.2, -0.15) is 5.10 Å². The number of nitrogens with one attached hydrogen (secondary N) is 2. The monoisotopic (exact) mass is 350 g/mol. The van der Waals surface area contributed by atoms with Crippen molar-refractivity contribution in [1.29, 1.82) is 0 Å². The van der Waals surface area contributed by atoms with E-state index in [0.29, 0.717) is 17.8 Å². The molecule has 7 nitrogen and oxygen atoms in total. The average Bonchev–Trinajstić information content (AvgIpc) is 2.65. The summed E-state index contributed by atoms with van der Waals surface area (Å²) in [5.74, 6) is -0.444. The summed E-state index contributed by atoms with van der Waals surface area (Å²) >= 11 is 0. The van der Waals surface area contributed by atoms with Crippen LogP contribution in [0.2, 0.25) is 0 Å². The number of H-pyrrole nitrogens is 1.